The van der Waals surface area contributed by atoms with Gasteiger partial charge in [-0.25, -0.2) is 4.79 Å². The van der Waals surface area contributed by atoms with Gasteiger partial charge in [-0.2, -0.15) is 0 Å². The monoisotopic (exact) mass is 398 g/mol. The molecule has 2 aliphatic carbocycles. The first-order chi connectivity index (χ1) is 13.1. The Balaban J connectivity index is 1.46. The van der Waals surface area contributed by atoms with Crippen LogP contribution in [-0.2, 0) is 33.3 Å². The van der Waals surface area contributed by atoms with Gasteiger partial charge >= 0.3 is 17.9 Å². The molecular weight excluding hydrogens is 368 g/mol. The third-order valence-corrected chi connectivity index (χ3v) is 6.24. The van der Waals surface area contributed by atoms with Crippen LogP contribution in [0.1, 0.15) is 59.3 Å². The normalized spacial score (nSPS) is 32.4. The maximum Gasteiger partial charge on any atom is 0.344 e. The van der Waals surface area contributed by atoms with Crippen LogP contribution >= 0.6 is 0 Å². The van der Waals surface area contributed by atoms with Crippen molar-refractivity contribution in [2.75, 3.05) is 13.2 Å². The highest BCUT2D eigenvalue weighted by Crippen LogP contribution is 2.51. The van der Waals surface area contributed by atoms with Gasteiger partial charge in [-0.05, 0) is 51.9 Å². The van der Waals surface area contributed by atoms with Crippen LogP contribution in [0.2, 0.25) is 0 Å². The molecule has 2 heterocycles. The lowest BCUT2D eigenvalue weighted by atomic mass is 9.65. The lowest BCUT2D eigenvalue weighted by Crippen LogP contribution is -2.49. The van der Waals surface area contributed by atoms with Gasteiger partial charge in [0.25, 0.3) is 0 Å². The van der Waals surface area contributed by atoms with E-state index in [2.05, 4.69) is 0 Å². The Morgan fingerprint density at radius 1 is 1.25 bits per heavy atom. The Labute approximate surface area is 164 Å². The minimum atomic E-state index is -1.31. The van der Waals surface area contributed by atoms with Gasteiger partial charge < -0.3 is 24.1 Å². The van der Waals surface area contributed by atoms with E-state index in [0.717, 1.165) is 19.3 Å². The highest BCUT2D eigenvalue weighted by molar-refractivity contribution is 5.79. The molecule has 0 aromatic heterocycles. The second kappa shape index (κ2) is 7.99. The number of carbonyl (C=O) groups excluding carboxylic acids is 3. The van der Waals surface area contributed by atoms with Gasteiger partial charge in [0.2, 0.25) is 0 Å². The van der Waals surface area contributed by atoms with Gasteiger partial charge in [0.1, 0.15) is 12.7 Å². The quantitative estimate of drug-likeness (QED) is 0.374. The van der Waals surface area contributed by atoms with E-state index in [-0.39, 0.29) is 24.6 Å². The minimum absolute atomic E-state index is 0.171. The second-order valence-electron chi connectivity index (χ2n) is 8.96. The summed E-state index contributed by atoms with van der Waals surface area (Å²) in [5.41, 5.74) is -1.29. The van der Waals surface area contributed by atoms with Gasteiger partial charge in [-0.3, -0.25) is 9.59 Å². The number of aliphatic hydroxyl groups excluding tert-OH is 1. The predicted molar refractivity (Wildman–Crippen MR) is 95.8 cm³/mol. The van der Waals surface area contributed by atoms with Crippen LogP contribution in [0.25, 0.3) is 0 Å². The molecule has 4 rings (SSSR count). The molecule has 4 fully saturated rings. The van der Waals surface area contributed by atoms with E-state index in [1.807, 2.05) is 6.92 Å². The van der Waals surface area contributed by atoms with Crippen molar-refractivity contribution in [1.29, 1.82) is 0 Å². The van der Waals surface area contributed by atoms with Crippen molar-refractivity contribution in [3.63, 3.8) is 0 Å². The van der Waals surface area contributed by atoms with E-state index in [1.165, 1.54) is 0 Å². The van der Waals surface area contributed by atoms with Crippen LogP contribution in [0.15, 0.2) is 0 Å². The molecule has 0 amide bonds. The number of esters is 3. The van der Waals surface area contributed by atoms with Crippen molar-refractivity contribution in [1.82, 2.24) is 0 Å². The lowest BCUT2D eigenvalue weighted by molar-refractivity contribution is -0.236. The lowest BCUT2D eigenvalue weighted by Gasteiger charge is -2.46. The number of hydrogen-bond donors (Lipinski definition) is 1. The number of rotatable bonds is 8. The molecule has 0 spiro atoms. The molecular formula is C20H30O8. The standard InChI is InChI=1S/C20H30O8/c1-4-19(2,3)18(24)26-10-15(21)25-11-16(22)28-20-7-12-5-13(8-20)17(23)27-14(6-12)9-20/h12-14,16,22H,4-11H2,1-3H3. The molecule has 1 N–H and O–H groups in total. The largest absolute Gasteiger partial charge is 0.462 e. The van der Waals surface area contributed by atoms with Gasteiger partial charge in [-0.15, -0.1) is 0 Å². The van der Waals surface area contributed by atoms with Crippen molar-refractivity contribution in [3.05, 3.63) is 0 Å². The fourth-order valence-corrected chi connectivity index (χ4v) is 4.51. The highest BCUT2D eigenvalue weighted by atomic mass is 16.7. The zero-order valence-electron chi connectivity index (χ0n) is 16.8. The molecule has 4 aliphatic rings. The fourth-order valence-electron chi connectivity index (χ4n) is 4.51. The van der Waals surface area contributed by atoms with Crippen LogP contribution < -0.4 is 0 Å². The summed E-state index contributed by atoms with van der Waals surface area (Å²) in [5.74, 6) is -1.24. The van der Waals surface area contributed by atoms with Crippen LogP contribution in [0.4, 0.5) is 0 Å². The van der Waals surface area contributed by atoms with Crippen molar-refractivity contribution in [2.45, 2.75) is 77.3 Å². The van der Waals surface area contributed by atoms with Gasteiger partial charge in [0.15, 0.2) is 12.9 Å². The maximum absolute atomic E-state index is 12.1. The summed E-state index contributed by atoms with van der Waals surface area (Å²) in [6.07, 6.45) is 2.61. The van der Waals surface area contributed by atoms with Crippen molar-refractivity contribution >= 4 is 17.9 Å². The van der Waals surface area contributed by atoms with Gasteiger partial charge in [0.05, 0.1) is 16.9 Å². The number of ether oxygens (including phenoxy) is 4. The summed E-state index contributed by atoms with van der Waals surface area (Å²) < 4.78 is 21.3. The molecule has 8 heteroatoms. The Morgan fingerprint density at radius 3 is 2.71 bits per heavy atom. The summed E-state index contributed by atoms with van der Waals surface area (Å²) in [6.45, 7) is 4.47. The Bertz CT molecular complexity index is 630. The zero-order chi connectivity index (χ0) is 20.5. The first-order valence-electron chi connectivity index (χ1n) is 10.0. The van der Waals surface area contributed by atoms with Crippen LogP contribution in [0, 0.1) is 17.3 Å². The summed E-state index contributed by atoms with van der Waals surface area (Å²) in [4.78, 5) is 35.7. The molecule has 2 aliphatic heterocycles. The van der Waals surface area contributed by atoms with Crippen molar-refractivity contribution in [2.24, 2.45) is 17.3 Å². The smallest absolute Gasteiger partial charge is 0.344 e. The average molecular weight is 398 g/mol. The second-order valence-corrected chi connectivity index (χ2v) is 8.96. The van der Waals surface area contributed by atoms with Crippen LogP contribution in [0.5, 0.6) is 0 Å². The summed E-state index contributed by atoms with van der Waals surface area (Å²) >= 11 is 0. The molecule has 0 radical (unpaired) electrons. The molecule has 8 nitrogen and oxygen atoms in total. The third-order valence-electron chi connectivity index (χ3n) is 6.24. The maximum atomic E-state index is 12.1. The number of hydrogen-bond acceptors (Lipinski definition) is 8. The van der Waals surface area contributed by atoms with E-state index in [4.69, 9.17) is 18.9 Å². The van der Waals surface area contributed by atoms with E-state index in [0.29, 0.717) is 25.2 Å². The SMILES string of the molecule is CCC(C)(C)C(=O)OCC(=O)OCC(O)OC12CC3CC(C1)OC(=O)C(C3)C2. The van der Waals surface area contributed by atoms with E-state index >= 15 is 0 Å². The van der Waals surface area contributed by atoms with Gasteiger partial charge in [0, 0.05) is 6.42 Å². The first-order valence-corrected chi connectivity index (χ1v) is 10.0. The molecule has 28 heavy (non-hydrogen) atoms. The van der Waals surface area contributed by atoms with Crippen molar-refractivity contribution in [3.8, 4) is 0 Å². The van der Waals surface area contributed by atoms with Crippen molar-refractivity contribution < 1.29 is 38.4 Å². The van der Waals surface area contributed by atoms with Gasteiger partial charge in [-0.1, -0.05) is 6.92 Å². The third kappa shape index (κ3) is 4.66. The molecule has 0 aromatic carbocycles. The zero-order valence-corrected chi connectivity index (χ0v) is 16.8. The number of fused-ring (bicyclic) bond motifs is 1. The fraction of sp³-hybridized carbons (Fsp3) is 0.850. The Morgan fingerprint density at radius 2 is 2.00 bits per heavy atom. The van der Waals surface area contributed by atoms with E-state index < -0.39 is 35.9 Å². The molecule has 158 valence electrons. The van der Waals surface area contributed by atoms with Crippen LogP contribution in [0.3, 0.4) is 0 Å². The minimum Gasteiger partial charge on any atom is -0.462 e. The molecule has 2 saturated heterocycles. The molecule has 5 atom stereocenters. The highest BCUT2D eigenvalue weighted by Gasteiger charge is 2.54. The Kier molecular flexibility index (Phi) is 6.00. The molecule has 0 aromatic rings. The first kappa shape index (κ1) is 21.0. The van der Waals surface area contributed by atoms with E-state index in [9.17, 15) is 19.5 Å². The Hall–Kier alpha value is -1.67. The summed E-state index contributed by atoms with van der Waals surface area (Å²) in [6, 6.07) is 0. The summed E-state index contributed by atoms with van der Waals surface area (Å²) in [5, 5.41) is 10.2. The molecule has 2 saturated carbocycles. The van der Waals surface area contributed by atoms with E-state index in [1.54, 1.807) is 13.8 Å². The topological polar surface area (TPSA) is 108 Å². The average Bonchev–Trinajstić information content (AvgIpc) is 2.78. The summed E-state index contributed by atoms with van der Waals surface area (Å²) in [7, 11) is 0. The predicted octanol–water partition coefficient (Wildman–Crippen LogP) is 1.72. The van der Waals surface area contributed by atoms with Crippen LogP contribution in [-0.4, -0.2) is 54.2 Å². The molecule has 5 unspecified atom stereocenters. The number of carbonyl (C=O) groups is 3. The number of aliphatic hydroxyl groups is 1. The molecule has 4 bridgehead atoms.